The van der Waals surface area contributed by atoms with Gasteiger partial charge < -0.3 is 9.84 Å². The summed E-state index contributed by atoms with van der Waals surface area (Å²) in [4.78, 5) is 10.9. The topological polar surface area (TPSA) is 46.5 Å². The number of carbonyl (C=O) groups is 1. The number of benzene rings is 1. The molecule has 0 atom stereocenters. The first-order valence-corrected chi connectivity index (χ1v) is 7.77. The van der Waals surface area contributed by atoms with Crippen molar-refractivity contribution in [2.75, 3.05) is 6.61 Å². The summed E-state index contributed by atoms with van der Waals surface area (Å²) < 4.78 is 5.64. The summed E-state index contributed by atoms with van der Waals surface area (Å²) in [7, 11) is 0. The Labute approximate surface area is 127 Å². The van der Waals surface area contributed by atoms with E-state index in [9.17, 15) is 4.79 Å². The minimum absolute atomic E-state index is 0.331. The summed E-state index contributed by atoms with van der Waals surface area (Å²) in [6.45, 7) is 4.66. The van der Waals surface area contributed by atoms with E-state index in [-0.39, 0.29) is 0 Å². The number of aromatic carboxylic acids is 1. The molecule has 3 heteroatoms. The molecule has 0 spiro atoms. The highest BCUT2D eigenvalue weighted by Gasteiger charge is 2.07. The fourth-order valence-electron chi connectivity index (χ4n) is 2.10. The van der Waals surface area contributed by atoms with Gasteiger partial charge in [-0.25, -0.2) is 4.79 Å². The van der Waals surface area contributed by atoms with Crippen molar-refractivity contribution in [3.63, 3.8) is 0 Å². The van der Waals surface area contributed by atoms with Gasteiger partial charge in [0.05, 0.1) is 12.2 Å². The van der Waals surface area contributed by atoms with Crippen LogP contribution in [0.4, 0.5) is 0 Å². The van der Waals surface area contributed by atoms with Crippen LogP contribution in [0, 0.1) is 6.92 Å². The van der Waals surface area contributed by atoms with E-state index < -0.39 is 5.97 Å². The van der Waals surface area contributed by atoms with E-state index in [1.807, 2.05) is 0 Å². The van der Waals surface area contributed by atoms with E-state index in [1.54, 1.807) is 25.1 Å². The number of hydrogen-bond acceptors (Lipinski definition) is 2. The molecule has 0 aliphatic heterocycles. The molecule has 0 heterocycles. The average molecular weight is 290 g/mol. The van der Waals surface area contributed by atoms with Crippen LogP contribution in [-0.4, -0.2) is 17.7 Å². The SMILES string of the molecule is CCCCCC=CCCCOc1ccc(C(=O)O)c(C)c1. The zero-order valence-corrected chi connectivity index (χ0v) is 13.1. The number of rotatable bonds is 10. The van der Waals surface area contributed by atoms with Crippen LogP contribution in [0.1, 0.15) is 61.4 Å². The Hall–Kier alpha value is -1.77. The van der Waals surface area contributed by atoms with Crippen molar-refractivity contribution in [1.29, 1.82) is 0 Å². The van der Waals surface area contributed by atoms with E-state index >= 15 is 0 Å². The second-order valence-corrected chi connectivity index (χ2v) is 5.24. The highest BCUT2D eigenvalue weighted by Crippen LogP contribution is 2.17. The van der Waals surface area contributed by atoms with Gasteiger partial charge in [0.25, 0.3) is 0 Å². The normalized spacial score (nSPS) is 11.0. The Balaban J connectivity index is 2.21. The lowest BCUT2D eigenvalue weighted by Gasteiger charge is -2.07. The molecule has 1 aromatic rings. The van der Waals surface area contributed by atoms with Crippen molar-refractivity contribution in [3.8, 4) is 5.75 Å². The zero-order chi connectivity index (χ0) is 15.5. The predicted molar refractivity (Wildman–Crippen MR) is 86.1 cm³/mol. The van der Waals surface area contributed by atoms with Crippen molar-refractivity contribution in [3.05, 3.63) is 41.5 Å². The lowest BCUT2D eigenvalue weighted by molar-refractivity contribution is 0.0696. The Morgan fingerprint density at radius 1 is 1.19 bits per heavy atom. The van der Waals surface area contributed by atoms with Crippen molar-refractivity contribution in [2.45, 2.75) is 52.4 Å². The van der Waals surface area contributed by atoms with Crippen molar-refractivity contribution in [1.82, 2.24) is 0 Å². The molecule has 3 nitrogen and oxygen atoms in total. The summed E-state index contributed by atoms with van der Waals surface area (Å²) in [6, 6.07) is 5.10. The number of unbranched alkanes of at least 4 members (excludes halogenated alkanes) is 4. The molecule has 0 saturated carbocycles. The average Bonchev–Trinajstić information content (AvgIpc) is 2.45. The van der Waals surface area contributed by atoms with Gasteiger partial charge in [-0.05, 0) is 56.4 Å². The quantitative estimate of drug-likeness (QED) is 0.488. The summed E-state index contributed by atoms with van der Waals surface area (Å²) in [5.41, 5.74) is 1.06. The van der Waals surface area contributed by atoms with Gasteiger partial charge in [-0.2, -0.15) is 0 Å². The maximum absolute atomic E-state index is 10.9. The Bertz CT molecular complexity index is 464. The molecule has 21 heavy (non-hydrogen) atoms. The third-order valence-electron chi connectivity index (χ3n) is 3.35. The molecule has 0 fully saturated rings. The number of ether oxygens (including phenoxy) is 1. The van der Waals surface area contributed by atoms with Gasteiger partial charge in [-0.3, -0.25) is 0 Å². The van der Waals surface area contributed by atoms with Crippen molar-refractivity contribution in [2.24, 2.45) is 0 Å². The van der Waals surface area contributed by atoms with Gasteiger partial charge in [0.15, 0.2) is 0 Å². The standard InChI is InChI=1S/C18H26O3/c1-3-4-5-6-7-8-9-10-13-21-16-11-12-17(18(19)20)15(2)14-16/h7-8,11-12,14H,3-6,9-10,13H2,1-2H3,(H,19,20). The lowest BCUT2D eigenvalue weighted by atomic mass is 10.1. The first-order chi connectivity index (χ1) is 10.1. The molecule has 0 unspecified atom stereocenters. The van der Waals surface area contributed by atoms with Gasteiger partial charge in [0.1, 0.15) is 5.75 Å². The van der Waals surface area contributed by atoms with Gasteiger partial charge in [0, 0.05) is 0 Å². The second kappa shape index (κ2) is 10.0. The summed E-state index contributed by atoms with van der Waals surface area (Å²) in [5, 5.41) is 8.96. The Morgan fingerprint density at radius 3 is 2.52 bits per heavy atom. The van der Waals surface area contributed by atoms with Crippen LogP contribution in [0.3, 0.4) is 0 Å². The first-order valence-electron chi connectivity index (χ1n) is 7.77. The van der Waals surface area contributed by atoms with Crippen LogP contribution < -0.4 is 4.74 Å². The van der Waals surface area contributed by atoms with Crippen LogP contribution >= 0.6 is 0 Å². The molecule has 0 aromatic heterocycles. The molecular formula is C18H26O3. The van der Waals surface area contributed by atoms with Crippen LogP contribution in [-0.2, 0) is 0 Å². The molecule has 0 radical (unpaired) electrons. The Kier molecular flexibility index (Phi) is 8.25. The van der Waals surface area contributed by atoms with Crippen LogP contribution in [0.2, 0.25) is 0 Å². The number of aryl methyl sites for hydroxylation is 1. The van der Waals surface area contributed by atoms with Gasteiger partial charge >= 0.3 is 5.97 Å². The smallest absolute Gasteiger partial charge is 0.335 e. The summed E-state index contributed by atoms with van der Waals surface area (Å²) >= 11 is 0. The number of allylic oxidation sites excluding steroid dienone is 2. The minimum Gasteiger partial charge on any atom is -0.494 e. The molecule has 0 aliphatic rings. The number of carboxylic acid groups (broad SMARTS) is 1. The fourth-order valence-corrected chi connectivity index (χ4v) is 2.10. The maximum atomic E-state index is 10.9. The van der Waals surface area contributed by atoms with E-state index in [2.05, 4.69) is 19.1 Å². The van der Waals surface area contributed by atoms with E-state index in [1.165, 1.54) is 25.7 Å². The zero-order valence-electron chi connectivity index (χ0n) is 13.1. The van der Waals surface area contributed by atoms with E-state index in [4.69, 9.17) is 9.84 Å². The van der Waals surface area contributed by atoms with E-state index in [0.29, 0.717) is 12.2 Å². The minimum atomic E-state index is -0.896. The Morgan fingerprint density at radius 2 is 1.90 bits per heavy atom. The summed E-state index contributed by atoms with van der Waals surface area (Å²) in [5.74, 6) is -0.156. The van der Waals surface area contributed by atoms with Gasteiger partial charge in [0.2, 0.25) is 0 Å². The third-order valence-corrected chi connectivity index (χ3v) is 3.35. The molecule has 0 saturated heterocycles. The van der Waals surface area contributed by atoms with Crippen LogP contribution in [0.5, 0.6) is 5.75 Å². The molecular weight excluding hydrogens is 264 g/mol. The largest absolute Gasteiger partial charge is 0.494 e. The fraction of sp³-hybridized carbons (Fsp3) is 0.500. The highest BCUT2D eigenvalue weighted by atomic mass is 16.5. The van der Waals surface area contributed by atoms with E-state index in [0.717, 1.165) is 24.2 Å². The number of carboxylic acids is 1. The van der Waals surface area contributed by atoms with Crippen LogP contribution in [0.25, 0.3) is 0 Å². The molecule has 0 bridgehead atoms. The summed E-state index contributed by atoms with van der Waals surface area (Å²) in [6.07, 6.45) is 11.5. The van der Waals surface area contributed by atoms with Crippen molar-refractivity contribution >= 4 is 5.97 Å². The molecule has 1 aromatic carbocycles. The lowest BCUT2D eigenvalue weighted by Crippen LogP contribution is -2.01. The van der Waals surface area contributed by atoms with Crippen molar-refractivity contribution < 1.29 is 14.6 Å². The number of hydrogen-bond donors (Lipinski definition) is 1. The third kappa shape index (κ3) is 6.98. The molecule has 1 N–H and O–H groups in total. The molecule has 0 aliphatic carbocycles. The van der Waals surface area contributed by atoms with Gasteiger partial charge in [-0.1, -0.05) is 31.9 Å². The monoisotopic (exact) mass is 290 g/mol. The maximum Gasteiger partial charge on any atom is 0.335 e. The molecule has 116 valence electrons. The molecule has 0 amide bonds. The second-order valence-electron chi connectivity index (χ2n) is 5.24. The van der Waals surface area contributed by atoms with Gasteiger partial charge in [-0.15, -0.1) is 0 Å². The highest BCUT2D eigenvalue weighted by molar-refractivity contribution is 5.89. The predicted octanol–water partition coefficient (Wildman–Crippen LogP) is 4.99. The first kappa shape index (κ1) is 17.3. The van der Waals surface area contributed by atoms with Crippen LogP contribution in [0.15, 0.2) is 30.4 Å². The molecule has 1 rings (SSSR count).